The van der Waals surface area contributed by atoms with Gasteiger partial charge in [-0.15, -0.1) is 0 Å². The van der Waals surface area contributed by atoms with E-state index in [1.807, 2.05) is 0 Å². The first-order valence-corrected chi connectivity index (χ1v) is 10.4. The summed E-state index contributed by atoms with van der Waals surface area (Å²) in [5.74, 6) is -1.29. The van der Waals surface area contributed by atoms with Gasteiger partial charge in [0.2, 0.25) is 5.67 Å². The number of amides is 1. The third-order valence-electron chi connectivity index (χ3n) is 5.61. The zero-order valence-electron chi connectivity index (χ0n) is 18.2. The summed E-state index contributed by atoms with van der Waals surface area (Å²) in [5.41, 5.74) is -0.0193. The van der Waals surface area contributed by atoms with Gasteiger partial charge in [-0.2, -0.15) is 5.26 Å². The van der Waals surface area contributed by atoms with Gasteiger partial charge in [0.25, 0.3) is 5.91 Å². The molecule has 0 radical (unpaired) electrons. The average molecular weight is 454 g/mol. The van der Waals surface area contributed by atoms with Crippen LogP contribution in [0.2, 0.25) is 0 Å². The van der Waals surface area contributed by atoms with Gasteiger partial charge in [-0.05, 0) is 37.6 Å². The van der Waals surface area contributed by atoms with Crippen LogP contribution in [0.1, 0.15) is 19.2 Å². The third-order valence-corrected chi connectivity index (χ3v) is 5.61. The molecule has 3 atom stereocenters. The maximum absolute atomic E-state index is 15.6. The number of alkyl halides is 1. The molecule has 2 N–H and O–H groups in total. The number of nitrogens with zero attached hydrogens (tertiary/aromatic N) is 4. The van der Waals surface area contributed by atoms with Crippen LogP contribution < -0.4 is 16.4 Å². The topological polar surface area (TPSA) is 135 Å². The number of halogens is 1. The Morgan fingerprint density at radius 1 is 1.39 bits per heavy atom. The monoisotopic (exact) mass is 454 g/mol. The van der Waals surface area contributed by atoms with Crippen molar-refractivity contribution in [1.82, 2.24) is 25.2 Å². The van der Waals surface area contributed by atoms with Crippen LogP contribution in [0.4, 0.5) is 4.39 Å². The van der Waals surface area contributed by atoms with Crippen LogP contribution in [0.3, 0.4) is 0 Å². The molecule has 3 aromatic rings. The van der Waals surface area contributed by atoms with Crippen LogP contribution in [0.5, 0.6) is 0 Å². The normalized spacial score (nSPS) is 19.3. The summed E-state index contributed by atoms with van der Waals surface area (Å²) in [6.07, 6.45) is 2.80. The lowest BCUT2D eigenvalue weighted by molar-refractivity contribution is -0.133. The third kappa shape index (κ3) is 4.48. The SMILES string of the molecule is Cn1c(=O)oc2ccc(-c3cnc(C(C)(F)C(C#N)NC(=O)C4CNCCCO4)nc3)cc21. The van der Waals surface area contributed by atoms with E-state index in [2.05, 4.69) is 20.6 Å². The van der Waals surface area contributed by atoms with E-state index in [1.165, 1.54) is 17.0 Å². The van der Waals surface area contributed by atoms with E-state index in [-0.39, 0.29) is 12.4 Å². The number of hydrogen-bond donors (Lipinski definition) is 2. The lowest BCUT2D eigenvalue weighted by atomic mass is 9.97. The van der Waals surface area contributed by atoms with Crippen molar-refractivity contribution in [2.45, 2.75) is 31.2 Å². The summed E-state index contributed by atoms with van der Waals surface area (Å²) < 4.78 is 27.6. The summed E-state index contributed by atoms with van der Waals surface area (Å²) in [5, 5.41) is 15.0. The van der Waals surface area contributed by atoms with Gasteiger partial charge in [-0.1, -0.05) is 6.07 Å². The van der Waals surface area contributed by atoms with Crippen LogP contribution in [-0.4, -0.2) is 52.3 Å². The van der Waals surface area contributed by atoms with Crippen LogP contribution in [0, 0.1) is 11.3 Å². The molecule has 0 aliphatic carbocycles. The van der Waals surface area contributed by atoms with Gasteiger partial charge in [0, 0.05) is 38.2 Å². The molecule has 33 heavy (non-hydrogen) atoms. The van der Waals surface area contributed by atoms with Gasteiger partial charge < -0.3 is 19.8 Å². The molecule has 0 saturated carbocycles. The lowest BCUT2D eigenvalue weighted by Crippen LogP contribution is -2.51. The highest BCUT2D eigenvalue weighted by molar-refractivity contribution is 5.82. The molecule has 1 fully saturated rings. The maximum atomic E-state index is 15.6. The second-order valence-electron chi connectivity index (χ2n) is 7.97. The Morgan fingerprint density at radius 2 is 2.15 bits per heavy atom. The summed E-state index contributed by atoms with van der Waals surface area (Å²) in [6.45, 7) is 2.55. The fraction of sp³-hybridized carbons (Fsp3) is 0.409. The molecule has 172 valence electrons. The predicted octanol–water partition coefficient (Wildman–Crippen LogP) is 1.16. The molecule has 1 saturated heterocycles. The largest absolute Gasteiger partial charge is 0.419 e. The number of carbonyl (C=O) groups excluding carboxylic acids is 1. The summed E-state index contributed by atoms with van der Waals surface area (Å²) in [7, 11) is 1.60. The molecule has 0 spiro atoms. The van der Waals surface area contributed by atoms with Crippen LogP contribution >= 0.6 is 0 Å². The fourth-order valence-electron chi connectivity index (χ4n) is 3.57. The number of rotatable bonds is 5. The van der Waals surface area contributed by atoms with Crippen LogP contribution in [0.25, 0.3) is 22.2 Å². The van der Waals surface area contributed by atoms with E-state index < -0.39 is 29.5 Å². The van der Waals surface area contributed by atoms with Gasteiger partial charge in [0.05, 0.1) is 11.6 Å². The molecule has 3 heterocycles. The number of aromatic nitrogens is 3. The summed E-state index contributed by atoms with van der Waals surface area (Å²) in [6, 6.07) is 5.41. The number of benzene rings is 1. The summed E-state index contributed by atoms with van der Waals surface area (Å²) >= 11 is 0. The summed E-state index contributed by atoms with van der Waals surface area (Å²) in [4.78, 5) is 32.4. The molecule has 0 bridgehead atoms. The molecule has 4 rings (SSSR count). The van der Waals surface area contributed by atoms with Gasteiger partial charge >= 0.3 is 5.76 Å². The first-order valence-electron chi connectivity index (χ1n) is 10.4. The fourth-order valence-corrected chi connectivity index (χ4v) is 3.57. The number of fused-ring (bicyclic) bond motifs is 1. The van der Waals surface area contributed by atoms with Crippen molar-refractivity contribution in [2.75, 3.05) is 19.7 Å². The zero-order chi connectivity index (χ0) is 23.6. The van der Waals surface area contributed by atoms with Gasteiger partial charge in [0.1, 0.15) is 6.10 Å². The number of ether oxygens (including phenoxy) is 1. The molecular weight excluding hydrogens is 431 g/mol. The van der Waals surface area contributed by atoms with E-state index in [9.17, 15) is 14.9 Å². The average Bonchev–Trinajstić information content (AvgIpc) is 3.00. The van der Waals surface area contributed by atoms with Crippen molar-refractivity contribution in [3.8, 4) is 17.2 Å². The van der Waals surface area contributed by atoms with Gasteiger partial charge in [-0.3, -0.25) is 9.36 Å². The van der Waals surface area contributed by atoms with Crippen molar-refractivity contribution in [2.24, 2.45) is 7.05 Å². The van der Waals surface area contributed by atoms with Crippen molar-refractivity contribution < 1.29 is 18.3 Å². The molecule has 1 aliphatic rings. The molecule has 10 nitrogen and oxygen atoms in total. The molecular formula is C22H23FN6O4. The number of nitriles is 1. The minimum atomic E-state index is -2.35. The Balaban J connectivity index is 1.54. The zero-order valence-corrected chi connectivity index (χ0v) is 18.2. The predicted molar refractivity (Wildman–Crippen MR) is 116 cm³/mol. The van der Waals surface area contributed by atoms with Crippen LogP contribution in [0.15, 0.2) is 39.8 Å². The number of carbonyl (C=O) groups is 1. The molecule has 1 aromatic carbocycles. The van der Waals surface area contributed by atoms with Crippen LogP contribution in [-0.2, 0) is 22.2 Å². The standard InChI is InChI=1S/C22H23FN6O4/c1-22(23,18(9-24)28-19(30)17-12-25-6-3-7-32-17)20-26-10-14(11-27-20)13-4-5-16-15(8-13)29(2)21(31)33-16/h4-5,8,10-11,17-18,25H,3,6-7,12H2,1-2H3,(H,28,30). The smallest absolute Gasteiger partial charge is 0.408 e. The first kappa shape index (κ1) is 22.6. The van der Waals surface area contributed by atoms with Gasteiger partial charge in [-0.25, -0.2) is 19.2 Å². The van der Waals surface area contributed by atoms with E-state index in [0.29, 0.717) is 28.8 Å². The Kier molecular flexibility index (Phi) is 6.22. The number of nitrogens with one attached hydrogen (secondary N) is 2. The molecule has 1 amide bonds. The molecule has 3 unspecified atom stereocenters. The van der Waals surface area contributed by atoms with Crippen molar-refractivity contribution in [3.05, 3.63) is 47.0 Å². The highest BCUT2D eigenvalue weighted by atomic mass is 19.1. The first-order chi connectivity index (χ1) is 15.8. The minimum Gasteiger partial charge on any atom is -0.408 e. The molecule has 1 aliphatic heterocycles. The highest BCUT2D eigenvalue weighted by Gasteiger charge is 2.41. The number of oxazole rings is 1. The second kappa shape index (κ2) is 9.09. The number of hydrogen-bond acceptors (Lipinski definition) is 8. The van der Waals surface area contributed by atoms with E-state index in [4.69, 9.17) is 9.15 Å². The molecule has 2 aromatic heterocycles. The van der Waals surface area contributed by atoms with Crippen molar-refractivity contribution in [3.63, 3.8) is 0 Å². The Morgan fingerprint density at radius 3 is 2.88 bits per heavy atom. The lowest BCUT2D eigenvalue weighted by Gasteiger charge is -2.26. The van der Waals surface area contributed by atoms with E-state index in [1.54, 1.807) is 31.3 Å². The van der Waals surface area contributed by atoms with Crippen molar-refractivity contribution >= 4 is 17.0 Å². The Labute approximate surface area is 188 Å². The highest BCUT2D eigenvalue weighted by Crippen LogP contribution is 2.28. The minimum absolute atomic E-state index is 0.241. The quantitative estimate of drug-likeness (QED) is 0.586. The van der Waals surface area contributed by atoms with E-state index in [0.717, 1.165) is 19.9 Å². The maximum Gasteiger partial charge on any atom is 0.419 e. The van der Waals surface area contributed by atoms with Gasteiger partial charge in [0.15, 0.2) is 17.4 Å². The molecule has 11 heteroatoms. The Hall–Kier alpha value is -3.62. The Bertz CT molecular complexity index is 1250. The van der Waals surface area contributed by atoms with E-state index >= 15 is 4.39 Å². The number of aryl methyl sites for hydroxylation is 1. The second-order valence-corrected chi connectivity index (χ2v) is 7.97. The van der Waals surface area contributed by atoms with Crippen molar-refractivity contribution in [1.29, 1.82) is 5.26 Å².